The molecule has 2 amide bonds. The maximum atomic E-state index is 12.5. The van der Waals surface area contributed by atoms with E-state index in [1.165, 1.54) is 6.92 Å². The van der Waals surface area contributed by atoms with E-state index in [9.17, 15) is 22.8 Å². The first-order chi connectivity index (χ1) is 18.1. The minimum atomic E-state index is -3.62. The van der Waals surface area contributed by atoms with E-state index in [-0.39, 0.29) is 23.3 Å². The lowest BCUT2D eigenvalue weighted by molar-refractivity contribution is -0.146. The molecular weight excluding hydrogens is 534 g/mol. The van der Waals surface area contributed by atoms with E-state index in [0.29, 0.717) is 16.9 Å². The number of carbonyl (C=O) groups excluding carboxylic acids is 3. The van der Waals surface area contributed by atoms with Gasteiger partial charge in [-0.1, -0.05) is 30.3 Å². The number of carbonyl (C=O) groups is 3. The fourth-order valence-corrected chi connectivity index (χ4v) is 4.88. The number of benzene rings is 2. The van der Waals surface area contributed by atoms with Crippen LogP contribution in [0.15, 0.2) is 64.8 Å². The summed E-state index contributed by atoms with van der Waals surface area (Å²) in [4.78, 5) is 35.5. The predicted molar refractivity (Wildman–Crippen MR) is 144 cm³/mol. The molecule has 0 saturated carbocycles. The quantitative estimate of drug-likeness (QED) is 0.106. The number of amides is 2. The Morgan fingerprint density at radius 2 is 1.68 bits per heavy atom. The van der Waals surface area contributed by atoms with Crippen molar-refractivity contribution < 1.29 is 32.6 Å². The van der Waals surface area contributed by atoms with E-state index in [1.807, 2.05) is 30.3 Å². The highest BCUT2D eigenvalue weighted by atomic mass is 32.2. The Morgan fingerprint density at radius 1 is 1.05 bits per heavy atom. The zero-order valence-electron chi connectivity index (χ0n) is 20.8. The van der Waals surface area contributed by atoms with Crippen LogP contribution >= 0.6 is 11.8 Å². The van der Waals surface area contributed by atoms with Gasteiger partial charge in [-0.25, -0.2) is 13.2 Å². The normalized spacial score (nSPS) is 13.0. The number of aliphatic hydroxyl groups excluding tert-OH is 1. The van der Waals surface area contributed by atoms with E-state index in [0.717, 1.165) is 11.8 Å². The summed E-state index contributed by atoms with van der Waals surface area (Å²) in [5.41, 5.74) is 7.27. The molecule has 38 heavy (non-hydrogen) atoms. The second kappa shape index (κ2) is 15.8. The summed E-state index contributed by atoms with van der Waals surface area (Å²) in [6.45, 7) is 0.293. The topological polar surface area (TPSA) is 190 Å². The Kier molecular flexibility index (Phi) is 12.9. The molecule has 0 fully saturated rings. The number of rotatable bonds is 15. The maximum Gasteiger partial charge on any atom is 0.329 e. The highest BCUT2D eigenvalue weighted by Gasteiger charge is 2.25. The molecule has 0 spiro atoms. The molecule has 0 aliphatic rings. The van der Waals surface area contributed by atoms with Crippen LogP contribution in [0.1, 0.15) is 12.5 Å². The van der Waals surface area contributed by atoms with E-state index in [4.69, 9.17) is 15.6 Å². The Bertz CT molecular complexity index is 1190. The molecule has 0 radical (unpaired) electrons. The molecule has 0 saturated heterocycles. The zero-order chi connectivity index (χ0) is 28.0. The van der Waals surface area contributed by atoms with Gasteiger partial charge in [0.25, 0.3) is 0 Å². The number of nitrogens with zero attached hydrogens (tertiary/aromatic N) is 2. The molecule has 0 heterocycles. The molecule has 12 nitrogen and oxygen atoms in total. The van der Waals surface area contributed by atoms with Gasteiger partial charge in [-0.3, -0.25) is 9.59 Å². The van der Waals surface area contributed by atoms with Gasteiger partial charge in [-0.2, -0.15) is 10.2 Å². The number of ether oxygens (including phenoxy) is 1. The van der Waals surface area contributed by atoms with Crippen molar-refractivity contribution in [1.82, 2.24) is 10.6 Å². The van der Waals surface area contributed by atoms with Gasteiger partial charge in [-0.15, -0.1) is 11.8 Å². The minimum Gasteiger partial charge on any atom is -0.463 e. The SMILES string of the molecule is CC(=O)NCSC[C@H](NC(=O)[C@@H](N)CO)C(=O)OCCS(=O)(=O)Cc1ccc(N=Nc2ccccc2)cc1. The second-order valence-electron chi connectivity index (χ2n) is 8.06. The van der Waals surface area contributed by atoms with Gasteiger partial charge in [0.1, 0.15) is 18.7 Å². The van der Waals surface area contributed by atoms with Crippen molar-refractivity contribution in [2.45, 2.75) is 24.8 Å². The average Bonchev–Trinajstić information content (AvgIpc) is 2.89. The van der Waals surface area contributed by atoms with E-state index in [1.54, 1.807) is 24.3 Å². The Labute approximate surface area is 225 Å². The van der Waals surface area contributed by atoms with Crippen LogP contribution in [0, 0.1) is 0 Å². The van der Waals surface area contributed by atoms with Crippen molar-refractivity contribution in [3.8, 4) is 0 Å². The number of nitrogens with two attached hydrogens (primary N) is 1. The minimum absolute atomic E-state index is 0.0315. The Balaban J connectivity index is 1.88. The van der Waals surface area contributed by atoms with Gasteiger partial charge in [0.2, 0.25) is 11.8 Å². The average molecular weight is 566 g/mol. The Morgan fingerprint density at radius 3 is 2.29 bits per heavy atom. The lowest BCUT2D eigenvalue weighted by Gasteiger charge is -2.19. The third-order valence-electron chi connectivity index (χ3n) is 4.84. The highest BCUT2D eigenvalue weighted by molar-refractivity contribution is 7.99. The Hall–Kier alpha value is -3.33. The molecule has 14 heteroatoms. The first kappa shape index (κ1) is 30.9. The number of hydrogen-bond acceptors (Lipinski definition) is 11. The zero-order valence-corrected chi connectivity index (χ0v) is 22.4. The first-order valence-corrected chi connectivity index (χ1v) is 14.5. The molecule has 2 atom stereocenters. The van der Waals surface area contributed by atoms with Gasteiger partial charge in [0.15, 0.2) is 9.84 Å². The van der Waals surface area contributed by atoms with Crippen molar-refractivity contribution in [2.75, 3.05) is 30.6 Å². The summed E-state index contributed by atoms with van der Waals surface area (Å²) in [5, 5.41) is 22.2. The van der Waals surface area contributed by atoms with Crippen molar-refractivity contribution in [3.05, 3.63) is 60.2 Å². The van der Waals surface area contributed by atoms with Crippen LogP contribution in [0.25, 0.3) is 0 Å². The van der Waals surface area contributed by atoms with Crippen molar-refractivity contribution in [3.63, 3.8) is 0 Å². The first-order valence-electron chi connectivity index (χ1n) is 11.5. The lowest BCUT2D eigenvalue weighted by Crippen LogP contribution is -2.51. The number of thioether (sulfide) groups is 1. The van der Waals surface area contributed by atoms with Gasteiger partial charge < -0.3 is 26.2 Å². The number of sulfone groups is 1. The number of aliphatic hydroxyl groups is 1. The highest BCUT2D eigenvalue weighted by Crippen LogP contribution is 2.19. The molecule has 0 unspecified atom stereocenters. The van der Waals surface area contributed by atoms with Crippen molar-refractivity contribution in [1.29, 1.82) is 0 Å². The molecule has 5 N–H and O–H groups in total. The second-order valence-corrected chi connectivity index (χ2v) is 11.3. The van der Waals surface area contributed by atoms with Crippen LogP contribution < -0.4 is 16.4 Å². The maximum absolute atomic E-state index is 12.5. The summed E-state index contributed by atoms with van der Waals surface area (Å²) in [5.74, 6) is -2.37. The lowest BCUT2D eigenvalue weighted by atomic mass is 10.2. The van der Waals surface area contributed by atoms with Gasteiger partial charge in [0, 0.05) is 12.7 Å². The molecule has 2 rings (SSSR count). The summed E-state index contributed by atoms with van der Waals surface area (Å²) in [7, 11) is -3.62. The summed E-state index contributed by atoms with van der Waals surface area (Å²) >= 11 is 1.14. The van der Waals surface area contributed by atoms with Gasteiger partial charge in [0.05, 0.1) is 35.4 Å². The monoisotopic (exact) mass is 565 g/mol. The van der Waals surface area contributed by atoms with Crippen LogP contribution in [0.5, 0.6) is 0 Å². The molecule has 0 bridgehead atoms. The summed E-state index contributed by atoms with van der Waals surface area (Å²) in [6.07, 6.45) is 0. The summed E-state index contributed by atoms with van der Waals surface area (Å²) in [6, 6.07) is 13.3. The van der Waals surface area contributed by atoms with Gasteiger partial charge in [-0.05, 0) is 29.8 Å². The third kappa shape index (κ3) is 11.8. The van der Waals surface area contributed by atoms with Crippen molar-refractivity contribution >= 4 is 50.8 Å². The molecule has 0 aromatic heterocycles. The van der Waals surface area contributed by atoms with E-state index < -0.39 is 52.8 Å². The van der Waals surface area contributed by atoms with E-state index in [2.05, 4.69) is 20.9 Å². The van der Waals surface area contributed by atoms with Gasteiger partial charge >= 0.3 is 5.97 Å². The number of nitrogens with one attached hydrogen (secondary N) is 2. The molecule has 2 aromatic carbocycles. The van der Waals surface area contributed by atoms with Crippen LogP contribution in [0.3, 0.4) is 0 Å². The van der Waals surface area contributed by atoms with Crippen LogP contribution in [0.4, 0.5) is 11.4 Å². The van der Waals surface area contributed by atoms with Crippen LogP contribution in [-0.2, 0) is 34.7 Å². The summed E-state index contributed by atoms with van der Waals surface area (Å²) < 4.78 is 30.2. The molecule has 0 aliphatic heterocycles. The van der Waals surface area contributed by atoms with Crippen LogP contribution in [-0.4, -0.2) is 74.0 Å². The molecule has 0 aliphatic carbocycles. The van der Waals surface area contributed by atoms with Crippen LogP contribution in [0.2, 0.25) is 0 Å². The fraction of sp³-hybridized carbons (Fsp3) is 0.375. The smallest absolute Gasteiger partial charge is 0.329 e. The fourth-order valence-electron chi connectivity index (χ4n) is 2.82. The van der Waals surface area contributed by atoms with Crippen molar-refractivity contribution in [2.24, 2.45) is 16.0 Å². The molecule has 206 valence electrons. The number of azo groups is 1. The number of hydrogen-bond donors (Lipinski definition) is 4. The van der Waals surface area contributed by atoms with E-state index >= 15 is 0 Å². The molecular formula is C24H31N5O7S2. The largest absolute Gasteiger partial charge is 0.463 e. The molecule has 2 aromatic rings. The standard InChI is InChI=1S/C24H31N5O7S2/c1-17(31)26-16-37-14-22(27-23(32)21(25)13-30)24(33)36-11-12-38(34,35)15-18-7-9-20(10-8-18)29-28-19-5-3-2-4-6-19/h2-10,21-22,30H,11-16,25H2,1H3,(H,26,31)(H,27,32)/t21-,22-/m0/s1. The predicted octanol–water partition coefficient (Wildman–Crippen LogP) is 1.19. The number of esters is 1. The third-order valence-corrected chi connectivity index (χ3v) is 7.32.